The summed E-state index contributed by atoms with van der Waals surface area (Å²) in [7, 11) is -1.71. The van der Waals surface area contributed by atoms with Gasteiger partial charge < -0.3 is 5.11 Å². The number of ketones is 1. The first-order valence-corrected chi connectivity index (χ1v) is 16.7. The summed E-state index contributed by atoms with van der Waals surface area (Å²) >= 11 is 0. The summed E-state index contributed by atoms with van der Waals surface area (Å²) in [6.07, 6.45) is 12.4. The summed E-state index contributed by atoms with van der Waals surface area (Å²) in [6.45, 7) is 3.88. The minimum absolute atomic E-state index is 0.0196. The standard InChI is InChI=1S/C36H43O2P/c1-29-28-30(2)35(37)36(38)34(29)26-18-7-5-3-4-6-8-19-27-39(31-20-12-9-13-21-31,32-22-14-10-15-23-32)33-24-16-11-17-25-33/h9-17,20-25H,3-8,18-19,26-28H2,1-2H3/p+1. The van der Waals surface area contributed by atoms with Gasteiger partial charge in [0.15, 0.2) is 5.76 Å². The SMILES string of the molecule is CC1=C(O)C(=O)C(CCCCCCCCCC[P+](c2ccccc2)(c2ccccc2)c2ccccc2)=C(C)C1. The lowest BCUT2D eigenvalue weighted by Gasteiger charge is -2.27. The number of Topliss-reactive ketones (excluding diaryl/α,β-unsaturated/α-hetero) is 1. The molecule has 0 spiro atoms. The van der Waals surface area contributed by atoms with E-state index in [-0.39, 0.29) is 11.5 Å². The Hall–Kier alpha value is -2.96. The van der Waals surface area contributed by atoms with Crippen LogP contribution in [-0.2, 0) is 4.79 Å². The molecule has 3 heteroatoms. The van der Waals surface area contributed by atoms with Gasteiger partial charge in [-0.25, -0.2) is 0 Å². The number of carbonyl (C=O) groups excluding carboxylic acids is 1. The van der Waals surface area contributed by atoms with Crippen LogP contribution >= 0.6 is 7.26 Å². The predicted octanol–water partition coefficient (Wildman–Crippen LogP) is 8.61. The Morgan fingerprint density at radius 1 is 0.590 bits per heavy atom. The van der Waals surface area contributed by atoms with Crippen molar-refractivity contribution < 1.29 is 9.90 Å². The first kappa shape index (κ1) is 29.0. The molecule has 1 N–H and O–H groups in total. The van der Waals surface area contributed by atoms with Crippen LogP contribution in [0.2, 0.25) is 0 Å². The number of rotatable bonds is 14. The number of aliphatic hydroxyl groups excluding tert-OH is 1. The second-order valence-electron chi connectivity index (χ2n) is 11.0. The predicted molar refractivity (Wildman–Crippen MR) is 169 cm³/mol. The summed E-state index contributed by atoms with van der Waals surface area (Å²) in [6, 6.07) is 33.6. The highest BCUT2D eigenvalue weighted by atomic mass is 31.2. The van der Waals surface area contributed by atoms with Gasteiger partial charge >= 0.3 is 0 Å². The Bertz CT molecular complexity index is 1160. The summed E-state index contributed by atoms with van der Waals surface area (Å²) in [5.74, 6) is -0.162. The van der Waals surface area contributed by atoms with E-state index in [1.807, 2.05) is 13.8 Å². The molecule has 3 aromatic rings. The van der Waals surface area contributed by atoms with Gasteiger partial charge in [0.1, 0.15) is 23.2 Å². The minimum atomic E-state index is -1.71. The van der Waals surface area contributed by atoms with Crippen molar-refractivity contribution in [3.05, 3.63) is 113 Å². The summed E-state index contributed by atoms with van der Waals surface area (Å²) in [5, 5.41) is 14.4. The number of aliphatic hydroxyl groups is 1. The highest BCUT2D eigenvalue weighted by Gasteiger charge is 2.44. The zero-order valence-corrected chi connectivity index (χ0v) is 24.6. The third-order valence-electron chi connectivity index (χ3n) is 8.20. The first-order valence-electron chi connectivity index (χ1n) is 14.7. The lowest BCUT2D eigenvalue weighted by molar-refractivity contribution is -0.115. The van der Waals surface area contributed by atoms with E-state index in [4.69, 9.17) is 0 Å². The molecule has 0 bridgehead atoms. The van der Waals surface area contributed by atoms with Crippen molar-refractivity contribution >= 4 is 29.0 Å². The third-order valence-corrected chi connectivity index (χ3v) is 12.7. The summed E-state index contributed by atoms with van der Waals surface area (Å²) < 4.78 is 0. The lowest BCUT2D eigenvalue weighted by Crippen LogP contribution is -2.33. The molecular weight excluding hydrogens is 495 g/mol. The van der Waals surface area contributed by atoms with Crippen LogP contribution in [0.25, 0.3) is 0 Å². The van der Waals surface area contributed by atoms with E-state index in [2.05, 4.69) is 91.0 Å². The fourth-order valence-corrected chi connectivity index (χ4v) is 10.4. The quantitative estimate of drug-likeness (QED) is 0.164. The number of benzene rings is 3. The molecule has 4 rings (SSSR count). The maximum atomic E-state index is 12.4. The van der Waals surface area contributed by atoms with Gasteiger partial charge in [0.2, 0.25) is 5.78 Å². The molecule has 0 amide bonds. The molecule has 39 heavy (non-hydrogen) atoms. The second kappa shape index (κ2) is 14.4. The van der Waals surface area contributed by atoms with E-state index in [1.54, 1.807) is 0 Å². The highest BCUT2D eigenvalue weighted by molar-refractivity contribution is 7.95. The van der Waals surface area contributed by atoms with Crippen LogP contribution in [0.1, 0.15) is 78.1 Å². The topological polar surface area (TPSA) is 37.3 Å². The molecule has 0 aliphatic heterocycles. The molecule has 1 aliphatic carbocycles. The van der Waals surface area contributed by atoms with Crippen molar-refractivity contribution in [2.45, 2.75) is 78.1 Å². The van der Waals surface area contributed by atoms with Crippen molar-refractivity contribution in [1.29, 1.82) is 0 Å². The number of allylic oxidation sites excluding steroid dienone is 3. The smallest absolute Gasteiger partial charge is 0.223 e. The van der Waals surface area contributed by atoms with Crippen LogP contribution in [0.5, 0.6) is 0 Å². The molecular formula is C36H44O2P+. The third kappa shape index (κ3) is 7.17. The molecule has 0 radical (unpaired) electrons. The van der Waals surface area contributed by atoms with Crippen LogP contribution in [0.15, 0.2) is 113 Å². The Balaban J connectivity index is 1.27. The average molecular weight is 540 g/mol. The Morgan fingerprint density at radius 3 is 1.46 bits per heavy atom. The minimum Gasteiger partial charge on any atom is -0.504 e. The van der Waals surface area contributed by atoms with Gasteiger partial charge in [0, 0.05) is 5.57 Å². The van der Waals surface area contributed by atoms with Crippen molar-refractivity contribution in [1.82, 2.24) is 0 Å². The molecule has 0 aromatic heterocycles. The van der Waals surface area contributed by atoms with Gasteiger partial charge in [0.05, 0.1) is 6.16 Å². The number of unbranched alkanes of at least 4 members (excludes halogenated alkanes) is 7. The molecule has 0 heterocycles. The van der Waals surface area contributed by atoms with Crippen LogP contribution < -0.4 is 15.9 Å². The largest absolute Gasteiger partial charge is 0.504 e. The van der Waals surface area contributed by atoms with E-state index in [0.29, 0.717) is 0 Å². The zero-order chi connectivity index (χ0) is 27.5. The van der Waals surface area contributed by atoms with Gasteiger partial charge in [-0.2, -0.15) is 0 Å². The molecule has 0 saturated carbocycles. The molecule has 0 fully saturated rings. The van der Waals surface area contributed by atoms with Crippen molar-refractivity contribution in [3.8, 4) is 0 Å². The Kier molecular flexibility index (Phi) is 10.7. The van der Waals surface area contributed by atoms with E-state index in [9.17, 15) is 9.90 Å². The number of hydrogen-bond donors (Lipinski definition) is 1. The summed E-state index contributed by atoms with van der Waals surface area (Å²) in [5.41, 5.74) is 2.79. The molecule has 3 aromatic carbocycles. The average Bonchev–Trinajstić information content (AvgIpc) is 2.98. The van der Waals surface area contributed by atoms with Crippen molar-refractivity contribution in [2.75, 3.05) is 6.16 Å². The zero-order valence-electron chi connectivity index (χ0n) is 23.7. The highest BCUT2D eigenvalue weighted by Crippen LogP contribution is 2.56. The van der Waals surface area contributed by atoms with Gasteiger partial charge in [0.25, 0.3) is 0 Å². The number of carbonyl (C=O) groups is 1. The maximum Gasteiger partial charge on any atom is 0.223 e. The lowest BCUT2D eigenvalue weighted by atomic mass is 9.88. The van der Waals surface area contributed by atoms with Crippen LogP contribution in [0.4, 0.5) is 0 Å². The normalized spacial score (nSPS) is 14.3. The Morgan fingerprint density at radius 2 is 1.00 bits per heavy atom. The Labute approximate surface area is 236 Å². The maximum absolute atomic E-state index is 12.4. The molecule has 0 saturated heterocycles. The van der Waals surface area contributed by atoms with Crippen molar-refractivity contribution in [3.63, 3.8) is 0 Å². The van der Waals surface area contributed by atoms with E-state index in [1.165, 1.54) is 60.6 Å². The molecule has 204 valence electrons. The van der Waals surface area contributed by atoms with Gasteiger partial charge in [-0.05, 0) is 87.9 Å². The molecule has 0 unspecified atom stereocenters. The van der Waals surface area contributed by atoms with Gasteiger partial charge in [-0.3, -0.25) is 4.79 Å². The molecule has 2 nitrogen and oxygen atoms in total. The van der Waals surface area contributed by atoms with E-state index < -0.39 is 7.26 Å². The van der Waals surface area contributed by atoms with Gasteiger partial charge in [-0.15, -0.1) is 0 Å². The van der Waals surface area contributed by atoms with Crippen molar-refractivity contribution in [2.24, 2.45) is 0 Å². The molecule has 1 aliphatic rings. The second-order valence-corrected chi connectivity index (χ2v) is 14.6. The molecule has 0 atom stereocenters. The van der Waals surface area contributed by atoms with Crippen LogP contribution in [0.3, 0.4) is 0 Å². The summed E-state index contributed by atoms with van der Waals surface area (Å²) in [4.78, 5) is 12.4. The first-order chi connectivity index (χ1) is 19.0. The number of hydrogen-bond acceptors (Lipinski definition) is 2. The van der Waals surface area contributed by atoms with Crippen LogP contribution in [0, 0.1) is 0 Å². The van der Waals surface area contributed by atoms with E-state index in [0.717, 1.165) is 42.4 Å². The van der Waals surface area contributed by atoms with Gasteiger partial charge in [-0.1, -0.05) is 92.3 Å². The van der Waals surface area contributed by atoms with E-state index >= 15 is 0 Å². The fourth-order valence-electron chi connectivity index (χ4n) is 6.04. The fraction of sp³-hybridized carbons (Fsp3) is 0.361. The monoisotopic (exact) mass is 539 g/mol. The van der Waals surface area contributed by atoms with Crippen LogP contribution in [-0.4, -0.2) is 17.1 Å².